The number of fused-ring (bicyclic) bond motifs is 4. The lowest BCUT2D eigenvalue weighted by molar-refractivity contribution is -0.153. The van der Waals surface area contributed by atoms with Gasteiger partial charge in [-0.15, -0.1) is 11.8 Å². The Bertz CT molecular complexity index is 1980. The van der Waals surface area contributed by atoms with Crippen LogP contribution in [0.1, 0.15) is 16.9 Å². The van der Waals surface area contributed by atoms with Crippen LogP contribution >= 0.6 is 23.5 Å². The average Bonchev–Trinajstić information content (AvgIpc) is 3.72. The first-order valence-electron chi connectivity index (χ1n) is 14.5. The highest BCUT2D eigenvalue weighted by Gasteiger charge is 2.54. The lowest BCUT2D eigenvalue weighted by atomic mass is 10.0. The van der Waals surface area contributed by atoms with E-state index in [1.807, 2.05) is 36.4 Å². The highest BCUT2D eigenvalue weighted by atomic mass is 32.2. The topological polar surface area (TPSA) is 131 Å². The highest BCUT2D eigenvalue weighted by Crippen LogP contribution is 2.46. The number of thioether (sulfide) groups is 2. The Morgan fingerprint density at radius 3 is 2.54 bits per heavy atom. The van der Waals surface area contributed by atoms with E-state index in [-0.39, 0.29) is 37.1 Å². The third-order valence-corrected chi connectivity index (χ3v) is 10.4. The zero-order valence-electron chi connectivity index (χ0n) is 24.6. The van der Waals surface area contributed by atoms with Crippen molar-refractivity contribution in [3.05, 3.63) is 107 Å². The fourth-order valence-electron chi connectivity index (χ4n) is 5.50. The first-order valence-corrected chi connectivity index (χ1v) is 16.3. The number of ether oxygens (including phenoxy) is 2. The zero-order chi connectivity index (χ0) is 31.8. The van der Waals surface area contributed by atoms with E-state index in [1.54, 1.807) is 43.5 Å². The molecule has 0 spiro atoms. The second-order valence-electron chi connectivity index (χ2n) is 10.8. The molecule has 2 aromatic heterocycles. The molecule has 2 aliphatic rings. The number of methoxy groups -OCH3 is 1. The standard InChI is InChI=1S/C34H28N2O8S2/c1-41-21-7-4-19(5-8-21)17-43-34(40)31-28(18-45-33-30(32(39)36(31)33)35-29(38)14-22-3-2-12-42-22)46-23-9-11-25-24-10-6-20(16-37)13-26(24)44-27(25)15-23/h2-13,15,30,33,37H,14,16-18H2,1H3,(H,35,38)/t30-,33+/m1/s1. The quantitative estimate of drug-likeness (QED) is 0.149. The van der Waals surface area contributed by atoms with Gasteiger partial charge in [-0.25, -0.2) is 4.79 Å². The van der Waals surface area contributed by atoms with E-state index in [0.717, 1.165) is 26.8 Å². The number of β-lactam (4-membered cyclic amide) rings is 1. The molecule has 5 aromatic rings. The van der Waals surface area contributed by atoms with Crippen molar-refractivity contribution in [1.82, 2.24) is 10.2 Å². The fourth-order valence-corrected chi connectivity index (χ4v) is 8.00. The number of rotatable bonds is 10. The van der Waals surface area contributed by atoms with Crippen LogP contribution in [-0.2, 0) is 38.8 Å². The van der Waals surface area contributed by atoms with Crippen molar-refractivity contribution in [3.63, 3.8) is 0 Å². The summed E-state index contributed by atoms with van der Waals surface area (Å²) in [5.74, 6) is 0.255. The minimum Gasteiger partial charge on any atom is -0.497 e. The number of amides is 2. The van der Waals surface area contributed by atoms with Gasteiger partial charge in [0.15, 0.2) is 0 Å². The predicted octanol–water partition coefficient (Wildman–Crippen LogP) is 5.37. The van der Waals surface area contributed by atoms with E-state index in [1.165, 1.54) is 34.7 Å². The first-order chi connectivity index (χ1) is 22.4. The number of carbonyl (C=O) groups excluding carboxylic acids is 3. The maximum Gasteiger partial charge on any atom is 0.356 e. The first kappa shape index (κ1) is 30.0. The SMILES string of the molecule is COc1ccc(COC(=O)C2=C(Sc3ccc4c(c3)oc3cc(CO)ccc34)CS[C@H]3[C@H](NC(=O)Cc4ccco4)C(=O)N23)cc1. The summed E-state index contributed by atoms with van der Waals surface area (Å²) < 4.78 is 22.3. The maximum atomic E-state index is 13.7. The van der Waals surface area contributed by atoms with Gasteiger partial charge in [-0.1, -0.05) is 36.0 Å². The van der Waals surface area contributed by atoms with Crippen LogP contribution in [-0.4, -0.2) is 52.1 Å². The maximum absolute atomic E-state index is 13.7. The summed E-state index contributed by atoms with van der Waals surface area (Å²) in [5.41, 5.74) is 3.03. The molecule has 1 fully saturated rings. The van der Waals surface area contributed by atoms with Gasteiger partial charge in [0.05, 0.1) is 26.4 Å². The van der Waals surface area contributed by atoms with Crippen LogP contribution in [0.2, 0.25) is 0 Å². The molecule has 0 bridgehead atoms. The minimum atomic E-state index is -0.779. The van der Waals surface area contributed by atoms with Crippen molar-refractivity contribution >= 4 is 63.2 Å². The molecule has 0 radical (unpaired) electrons. The summed E-state index contributed by atoms with van der Waals surface area (Å²) in [4.78, 5) is 42.8. The Balaban J connectivity index is 1.15. The number of nitrogens with zero attached hydrogens (tertiary/aromatic N) is 1. The molecule has 4 heterocycles. The number of nitrogens with one attached hydrogen (secondary N) is 1. The van der Waals surface area contributed by atoms with E-state index in [9.17, 15) is 19.5 Å². The van der Waals surface area contributed by atoms with Crippen LogP contribution in [0.15, 0.2) is 103 Å². The van der Waals surface area contributed by atoms with Crippen LogP contribution in [0.4, 0.5) is 0 Å². The number of aliphatic hydroxyl groups excluding tert-OH is 1. The summed E-state index contributed by atoms with van der Waals surface area (Å²) in [6, 6.07) is 21.2. The molecule has 0 saturated carbocycles. The van der Waals surface area contributed by atoms with Crippen molar-refractivity contribution in [1.29, 1.82) is 0 Å². The van der Waals surface area contributed by atoms with Crippen molar-refractivity contribution in [2.45, 2.75) is 35.9 Å². The second-order valence-corrected chi connectivity index (χ2v) is 13.0. The monoisotopic (exact) mass is 656 g/mol. The largest absolute Gasteiger partial charge is 0.497 e. The molecule has 2 amide bonds. The van der Waals surface area contributed by atoms with Crippen LogP contribution < -0.4 is 10.1 Å². The number of hydrogen-bond acceptors (Lipinski definition) is 10. The Morgan fingerprint density at radius 2 is 1.80 bits per heavy atom. The molecule has 12 heteroatoms. The number of esters is 1. The van der Waals surface area contributed by atoms with Crippen molar-refractivity contribution < 1.29 is 37.8 Å². The third kappa shape index (κ3) is 5.75. The summed E-state index contributed by atoms with van der Waals surface area (Å²) in [7, 11) is 1.58. The predicted molar refractivity (Wildman–Crippen MR) is 173 cm³/mol. The minimum absolute atomic E-state index is 0.00739. The molecule has 2 aliphatic heterocycles. The molecular weight excluding hydrogens is 629 g/mol. The Hall–Kier alpha value is -4.65. The Kier molecular flexibility index (Phi) is 8.24. The number of benzene rings is 3. The summed E-state index contributed by atoms with van der Waals surface area (Å²) in [5, 5.41) is 13.7. The number of furan rings is 2. The van der Waals surface area contributed by atoms with Crippen LogP contribution in [0.5, 0.6) is 5.75 Å². The summed E-state index contributed by atoms with van der Waals surface area (Å²) in [6.07, 6.45) is 1.50. The van der Waals surface area contributed by atoms with Crippen molar-refractivity contribution in [2.24, 2.45) is 0 Å². The van der Waals surface area contributed by atoms with Crippen molar-refractivity contribution in [2.75, 3.05) is 12.9 Å². The van der Waals surface area contributed by atoms with Gasteiger partial charge in [0.1, 0.15) is 46.4 Å². The Labute approximate surface area is 271 Å². The summed E-state index contributed by atoms with van der Waals surface area (Å²) >= 11 is 2.84. The van der Waals surface area contributed by atoms with Gasteiger partial charge in [-0.05, 0) is 59.7 Å². The number of carbonyl (C=O) groups is 3. The summed E-state index contributed by atoms with van der Waals surface area (Å²) in [6.45, 7) is -0.0732. The van der Waals surface area contributed by atoms with E-state index >= 15 is 0 Å². The van der Waals surface area contributed by atoms with Gasteiger partial charge in [0.25, 0.3) is 5.91 Å². The van der Waals surface area contributed by atoms with Crippen LogP contribution in [0.3, 0.4) is 0 Å². The average molecular weight is 657 g/mol. The van der Waals surface area contributed by atoms with Crippen molar-refractivity contribution in [3.8, 4) is 5.75 Å². The van der Waals surface area contributed by atoms with Gasteiger partial charge in [0.2, 0.25) is 5.91 Å². The van der Waals surface area contributed by atoms with E-state index in [2.05, 4.69) is 5.32 Å². The third-order valence-electron chi connectivity index (χ3n) is 7.82. The normalized spacial score (nSPS) is 17.6. The second kappa shape index (κ2) is 12.6. The molecule has 46 heavy (non-hydrogen) atoms. The van der Waals surface area contributed by atoms with Gasteiger partial charge in [0, 0.05) is 26.3 Å². The lowest BCUT2D eigenvalue weighted by Gasteiger charge is -2.49. The van der Waals surface area contributed by atoms with Gasteiger partial charge in [-0.3, -0.25) is 14.5 Å². The van der Waals surface area contributed by atoms with Gasteiger partial charge in [-0.2, -0.15) is 0 Å². The molecule has 0 aliphatic carbocycles. The molecular formula is C34H28N2O8S2. The number of hydrogen-bond donors (Lipinski definition) is 2. The fraction of sp³-hybridized carbons (Fsp3) is 0.206. The zero-order valence-corrected chi connectivity index (χ0v) is 26.2. The molecule has 2 atom stereocenters. The molecule has 2 N–H and O–H groups in total. The molecule has 0 unspecified atom stereocenters. The van der Waals surface area contributed by atoms with Gasteiger partial charge >= 0.3 is 5.97 Å². The van der Waals surface area contributed by atoms with Gasteiger partial charge < -0.3 is 28.7 Å². The smallest absolute Gasteiger partial charge is 0.356 e. The van der Waals surface area contributed by atoms with Crippen LogP contribution in [0.25, 0.3) is 21.9 Å². The molecule has 7 rings (SSSR count). The molecule has 1 saturated heterocycles. The van der Waals surface area contributed by atoms with E-state index < -0.39 is 17.4 Å². The number of aliphatic hydroxyl groups is 1. The van der Waals surface area contributed by atoms with Crippen LogP contribution in [0, 0.1) is 0 Å². The Morgan fingerprint density at radius 1 is 1.04 bits per heavy atom. The highest BCUT2D eigenvalue weighted by molar-refractivity contribution is 8.06. The van der Waals surface area contributed by atoms with E-state index in [4.69, 9.17) is 18.3 Å². The van der Waals surface area contributed by atoms with E-state index in [0.29, 0.717) is 33.3 Å². The lowest BCUT2D eigenvalue weighted by Crippen LogP contribution is -2.70. The molecule has 234 valence electrons. The molecule has 10 nitrogen and oxygen atoms in total. The molecule has 3 aromatic carbocycles.